The van der Waals surface area contributed by atoms with E-state index in [-0.39, 0.29) is 5.91 Å². The number of carbonyl (C=O) groups excluding carboxylic acids is 1. The van der Waals surface area contributed by atoms with Crippen LogP contribution in [0.15, 0.2) is 28.9 Å². The molecule has 1 aromatic rings. The Morgan fingerprint density at radius 2 is 2.19 bits per heavy atom. The fraction of sp³-hybridized carbons (Fsp3) is 0.333. The quantitative estimate of drug-likeness (QED) is 0.805. The van der Waals surface area contributed by atoms with Crippen molar-refractivity contribution < 1.29 is 14.3 Å². The largest absolute Gasteiger partial charge is 0.497 e. The second-order valence-corrected chi connectivity index (χ2v) is 5.75. The van der Waals surface area contributed by atoms with Gasteiger partial charge in [-0.15, -0.1) is 0 Å². The van der Waals surface area contributed by atoms with Gasteiger partial charge in [0.1, 0.15) is 17.2 Å². The van der Waals surface area contributed by atoms with Crippen molar-refractivity contribution in [2.24, 2.45) is 4.99 Å². The number of hydrogen-bond donors (Lipinski definition) is 0. The van der Waals surface area contributed by atoms with E-state index in [0.717, 1.165) is 29.4 Å². The second kappa shape index (κ2) is 5.81. The Hall–Kier alpha value is -1.95. The van der Waals surface area contributed by atoms with Crippen LogP contribution in [0.25, 0.3) is 6.08 Å². The Balaban J connectivity index is 1.95. The topological polar surface area (TPSA) is 51.1 Å². The lowest BCUT2D eigenvalue weighted by Gasteiger charge is -2.21. The summed E-state index contributed by atoms with van der Waals surface area (Å²) in [5, 5.41) is 0.810. The highest BCUT2D eigenvalue weighted by Gasteiger charge is 2.32. The molecule has 2 heterocycles. The molecule has 2 aliphatic heterocycles. The van der Waals surface area contributed by atoms with E-state index in [0.29, 0.717) is 17.2 Å². The molecule has 0 bridgehead atoms. The number of fused-ring (bicyclic) bond motifs is 1. The maximum atomic E-state index is 12.3. The number of amidine groups is 1. The van der Waals surface area contributed by atoms with E-state index in [4.69, 9.17) is 9.47 Å². The molecule has 6 heteroatoms. The number of aliphatic imine (C=N–C) groups is 1. The van der Waals surface area contributed by atoms with Gasteiger partial charge in [0.05, 0.1) is 14.2 Å². The number of amides is 1. The summed E-state index contributed by atoms with van der Waals surface area (Å²) in [4.78, 5) is 18.5. The SMILES string of the molecule is COc1ccc(/C=C2/N=C3SCCCN3C2=O)c(OC)c1. The number of thioether (sulfide) groups is 1. The van der Waals surface area contributed by atoms with Crippen molar-refractivity contribution in [2.75, 3.05) is 26.5 Å². The standard InChI is InChI=1S/C15H16N2O3S/c1-19-11-5-4-10(13(9-11)20-2)8-12-14(18)17-6-3-7-21-15(17)16-12/h4-5,8-9H,3,6-7H2,1-2H3/b12-8+. The Kier molecular flexibility index (Phi) is 3.88. The van der Waals surface area contributed by atoms with Crippen LogP contribution < -0.4 is 9.47 Å². The third-order valence-electron chi connectivity index (χ3n) is 3.40. The Morgan fingerprint density at radius 1 is 1.33 bits per heavy atom. The summed E-state index contributed by atoms with van der Waals surface area (Å²) in [6.07, 6.45) is 2.78. The van der Waals surface area contributed by atoms with Gasteiger partial charge in [-0.05, 0) is 24.6 Å². The second-order valence-electron chi connectivity index (χ2n) is 4.69. The predicted molar refractivity (Wildman–Crippen MR) is 83.7 cm³/mol. The number of nitrogens with zero attached hydrogens (tertiary/aromatic N) is 2. The molecular formula is C15H16N2O3S. The normalized spacial score (nSPS) is 19.5. The van der Waals surface area contributed by atoms with Gasteiger partial charge >= 0.3 is 0 Å². The van der Waals surface area contributed by atoms with Crippen molar-refractivity contribution in [1.82, 2.24) is 4.90 Å². The lowest BCUT2D eigenvalue weighted by atomic mass is 10.1. The summed E-state index contributed by atoms with van der Waals surface area (Å²) >= 11 is 1.63. The molecule has 0 aromatic heterocycles. The lowest BCUT2D eigenvalue weighted by molar-refractivity contribution is -0.122. The van der Waals surface area contributed by atoms with Crippen molar-refractivity contribution in [3.8, 4) is 11.5 Å². The third-order valence-corrected chi connectivity index (χ3v) is 4.46. The molecule has 0 spiro atoms. The van der Waals surface area contributed by atoms with Crippen LogP contribution in [0.2, 0.25) is 0 Å². The molecule has 2 aliphatic rings. The molecule has 0 unspecified atom stereocenters. The zero-order valence-electron chi connectivity index (χ0n) is 12.0. The van der Waals surface area contributed by atoms with E-state index >= 15 is 0 Å². The number of ether oxygens (including phenoxy) is 2. The first-order valence-electron chi connectivity index (χ1n) is 6.70. The first kappa shape index (κ1) is 14.0. The Morgan fingerprint density at radius 3 is 2.90 bits per heavy atom. The van der Waals surface area contributed by atoms with Gasteiger partial charge in [-0.3, -0.25) is 9.69 Å². The van der Waals surface area contributed by atoms with Gasteiger partial charge in [0.2, 0.25) is 0 Å². The molecule has 110 valence electrons. The van der Waals surface area contributed by atoms with Crippen LogP contribution >= 0.6 is 11.8 Å². The highest BCUT2D eigenvalue weighted by atomic mass is 32.2. The summed E-state index contributed by atoms with van der Waals surface area (Å²) in [5.41, 5.74) is 1.28. The number of methoxy groups -OCH3 is 2. The molecule has 21 heavy (non-hydrogen) atoms. The zero-order chi connectivity index (χ0) is 14.8. The summed E-state index contributed by atoms with van der Waals surface area (Å²) < 4.78 is 10.5. The molecule has 1 saturated heterocycles. The van der Waals surface area contributed by atoms with Crippen LogP contribution in [-0.4, -0.2) is 42.5 Å². The molecule has 5 nitrogen and oxygen atoms in total. The monoisotopic (exact) mass is 304 g/mol. The molecule has 1 aromatic carbocycles. The van der Waals surface area contributed by atoms with Crippen molar-refractivity contribution in [3.05, 3.63) is 29.5 Å². The molecule has 3 rings (SSSR count). The third kappa shape index (κ3) is 2.63. The Labute approximate surface area is 127 Å². The zero-order valence-corrected chi connectivity index (χ0v) is 12.8. The van der Waals surface area contributed by atoms with Crippen molar-refractivity contribution in [2.45, 2.75) is 6.42 Å². The molecule has 0 aliphatic carbocycles. The minimum absolute atomic E-state index is 0.0323. The van der Waals surface area contributed by atoms with Crippen LogP contribution in [0.4, 0.5) is 0 Å². The van der Waals surface area contributed by atoms with E-state index in [1.54, 1.807) is 43.0 Å². The van der Waals surface area contributed by atoms with Crippen LogP contribution in [0.3, 0.4) is 0 Å². The average molecular weight is 304 g/mol. The van der Waals surface area contributed by atoms with Crippen LogP contribution in [0.5, 0.6) is 11.5 Å². The summed E-state index contributed by atoms with van der Waals surface area (Å²) in [7, 11) is 3.20. The highest BCUT2D eigenvalue weighted by Crippen LogP contribution is 2.31. The highest BCUT2D eigenvalue weighted by molar-refractivity contribution is 8.13. The molecule has 1 fully saturated rings. The fourth-order valence-electron chi connectivity index (χ4n) is 2.31. The number of rotatable bonds is 3. The van der Waals surface area contributed by atoms with Gasteiger partial charge in [-0.25, -0.2) is 4.99 Å². The molecular weight excluding hydrogens is 288 g/mol. The summed E-state index contributed by atoms with van der Waals surface area (Å²) in [6.45, 7) is 0.752. The number of hydrogen-bond acceptors (Lipinski definition) is 5. The molecule has 0 N–H and O–H groups in total. The van der Waals surface area contributed by atoms with E-state index in [9.17, 15) is 4.79 Å². The maximum Gasteiger partial charge on any atom is 0.278 e. The first-order valence-corrected chi connectivity index (χ1v) is 7.68. The predicted octanol–water partition coefficient (Wildman–Crippen LogP) is 2.38. The summed E-state index contributed by atoms with van der Waals surface area (Å²) in [6, 6.07) is 5.49. The first-order chi connectivity index (χ1) is 10.2. The maximum absolute atomic E-state index is 12.3. The van der Waals surface area contributed by atoms with Gasteiger partial charge in [-0.2, -0.15) is 0 Å². The number of benzene rings is 1. The van der Waals surface area contributed by atoms with E-state index in [1.807, 2.05) is 12.1 Å². The molecule has 0 saturated carbocycles. The van der Waals surface area contributed by atoms with E-state index < -0.39 is 0 Å². The van der Waals surface area contributed by atoms with Crippen molar-refractivity contribution in [1.29, 1.82) is 0 Å². The van der Waals surface area contributed by atoms with Crippen LogP contribution in [-0.2, 0) is 4.79 Å². The van der Waals surface area contributed by atoms with E-state index in [2.05, 4.69) is 4.99 Å². The minimum atomic E-state index is -0.0323. The lowest BCUT2D eigenvalue weighted by Crippen LogP contribution is -2.34. The van der Waals surface area contributed by atoms with Gasteiger partial charge in [0, 0.05) is 23.9 Å². The van der Waals surface area contributed by atoms with E-state index in [1.165, 1.54) is 0 Å². The molecule has 1 amide bonds. The average Bonchev–Trinajstić information content (AvgIpc) is 2.84. The Bertz CT molecular complexity index is 640. The van der Waals surface area contributed by atoms with Crippen LogP contribution in [0.1, 0.15) is 12.0 Å². The van der Waals surface area contributed by atoms with Gasteiger partial charge in [0.25, 0.3) is 5.91 Å². The molecule has 0 atom stereocenters. The fourth-order valence-corrected chi connectivity index (χ4v) is 3.26. The smallest absolute Gasteiger partial charge is 0.278 e. The molecule has 0 radical (unpaired) electrons. The van der Waals surface area contributed by atoms with Crippen LogP contribution in [0, 0.1) is 0 Å². The van der Waals surface area contributed by atoms with Crippen molar-refractivity contribution in [3.63, 3.8) is 0 Å². The van der Waals surface area contributed by atoms with Gasteiger partial charge in [-0.1, -0.05) is 11.8 Å². The van der Waals surface area contributed by atoms with Crippen molar-refractivity contribution >= 4 is 28.9 Å². The van der Waals surface area contributed by atoms with Gasteiger partial charge in [0.15, 0.2) is 5.17 Å². The minimum Gasteiger partial charge on any atom is -0.497 e. The number of carbonyl (C=O) groups is 1. The van der Waals surface area contributed by atoms with Gasteiger partial charge < -0.3 is 9.47 Å². The summed E-state index contributed by atoms with van der Waals surface area (Å²) in [5.74, 6) is 2.36.